The lowest BCUT2D eigenvalue weighted by molar-refractivity contribution is -0.640. The summed E-state index contributed by atoms with van der Waals surface area (Å²) >= 11 is 6.30. The molecule has 39 heavy (non-hydrogen) atoms. The summed E-state index contributed by atoms with van der Waals surface area (Å²) in [6.45, 7) is 4.52. The highest BCUT2D eigenvalue weighted by atomic mass is 35.5. The fraction of sp³-hybridized carbons (Fsp3) is 0.594. The Morgan fingerprint density at radius 3 is 2.67 bits per heavy atom. The Kier molecular flexibility index (Phi) is 8.92. The van der Waals surface area contributed by atoms with E-state index in [1.807, 2.05) is 13.0 Å². The van der Waals surface area contributed by atoms with E-state index < -0.39 is 5.41 Å². The number of hydrogen-bond donors (Lipinski definition) is 1. The smallest absolute Gasteiger partial charge is 0.232 e. The highest BCUT2D eigenvalue weighted by Crippen LogP contribution is 2.45. The maximum atomic E-state index is 15.7. The number of carbonyl (C=O) groups is 1. The van der Waals surface area contributed by atoms with Gasteiger partial charge in [-0.2, -0.15) is 0 Å². The third-order valence-corrected chi connectivity index (χ3v) is 10.3. The number of benzene rings is 2. The van der Waals surface area contributed by atoms with Gasteiger partial charge in [0.05, 0.1) is 31.2 Å². The molecule has 6 rings (SSSR count). The van der Waals surface area contributed by atoms with Crippen LogP contribution in [0.5, 0.6) is 0 Å². The molecule has 0 aromatic heterocycles. The maximum absolute atomic E-state index is 15.7. The Hall–Kier alpha value is -1.66. The van der Waals surface area contributed by atoms with Gasteiger partial charge in [0.2, 0.25) is 5.91 Å². The maximum Gasteiger partial charge on any atom is 0.232 e. The van der Waals surface area contributed by atoms with Crippen molar-refractivity contribution in [3.05, 3.63) is 70.0 Å². The molecule has 2 aromatic rings. The fourth-order valence-corrected chi connectivity index (χ4v) is 8.42. The quantitative estimate of drug-likeness (QED) is 0.611. The lowest BCUT2D eigenvalue weighted by atomic mass is 9.69. The molecule has 2 aromatic carbocycles. The molecule has 0 bridgehead atoms. The van der Waals surface area contributed by atoms with Crippen LogP contribution in [-0.4, -0.2) is 49.2 Å². The predicted octanol–water partition coefficient (Wildman–Crippen LogP) is 2.23. The third-order valence-electron chi connectivity index (χ3n) is 10.0. The van der Waals surface area contributed by atoms with Crippen molar-refractivity contribution in [2.24, 2.45) is 11.8 Å². The van der Waals surface area contributed by atoms with Crippen molar-refractivity contribution in [2.45, 2.75) is 81.8 Å². The third kappa shape index (κ3) is 5.49. The van der Waals surface area contributed by atoms with Crippen LogP contribution in [0.25, 0.3) is 0 Å². The van der Waals surface area contributed by atoms with E-state index in [-0.39, 0.29) is 42.2 Å². The number of fused-ring (bicyclic) bond motifs is 2. The zero-order chi connectivity index (χ0) is 26.3. The number of quaternary nitrogens is 1. The van der Waals surface area contributed by atoms with Crippen LogP contribution in [0.4, 0.5) is 4.39 Å². The molecule has 1 saturated carbocycles. The molecule has 0 unspecified atom stereocenters. The van der Waals surface area contributed by atoms with Crippen molar-refractivity contribution < 1.29 is 31.6 Å². The summed E-state index contributed by atoms with van der Waals surface area (Å²) < 4.78 is 22.0. The molecule has 3 aliphatic heterocycles. The number of nitrogens with two attached hydrogens (primary N) is 1. The number of likely N-dealkylation sites (tertiary alicyclic amines) is 1. The van der Waals surface area contributed by atoms with Gasteiger partial charge in [-0.3, -0.25) is 4.79 Å². The van der Waals surface area contributed by atoms with Crippen molar-refractivity contribution in [1.82, 2.24) is 4.90 Å². The molecule has 212 valence electrons. The molecule has 3 fully saturated rings. The van der Waals surface area contributed by atoms with E-state index in [9.17, 15) is 4.79 Å². The fourth-order valence-electron chi connectivity index (χ4n) is 8.19. The lowest BCUT2D eigenvalue weighted by Crippen LogP contribution is -3.00. The molecule has 3 heterocycles. The zero-order valence-corrected chi connectivity index (χ0v) is 24.4. The summed E-state index contributed by atoms with van der Waals surface area (Å²) in [6.07, 6.45) is 8.80. The van der Waals surface area contributed by atoms with Gasteiger partial charge in [0.25, 0.3) is 0 Å². The van der Waals surface area contributed by atoms with Gasteiger partial charge in [-0.1, -0.05) is 61.2 Å². The van der Waals surface area contributed by atoms with Crippen molar-refractivity contribution >= 4 is 17.5 Å². The topological polar surface area (TPSA) is 46.2 Å². The average Bonchev–Trinajstić information content (AvgIpc) is 3.30. The van der Waals surface area contributed by atoms with E-state index >= 15 is 4.39 Å². The Morgan fingerprint density at radius 2 is 1.90 bits per heavy atom. The summed E-state index contributed by atoms with van der Waals surface area (Å²) in [5.41, 5.74) is 2.30. The van der Waals surface area contributed by atoms with Crippen LogP contribution in [0, 0.1) is 17.7 Å². The molecule has 1 spiro atoms. The van der Waals surface area contributed by atoms with Gasteiger partial charge in [0, 0.05) is 23.2 Å². The van der Waals surface area contributed by atoms with E-state index in [2.05, 4.69) is 40.5 Å². The number of halogens is 3. The van der Waals surface area contributed by atoms with E-state index in [1.54, 1.807) is 0 Å². The summed E-state index contributed by atoms with van der Waals surface area (Å²) in [7, 11) is 0. The number of carbonyl (C=O) groups excluding carboxylic acids is 1. The Balaban J connectivity index is 0.00000308. The van der Waals surface area contributed by atoms with Gasteiger partial charge >= 0.3 is 0 Å². The molecule has 1 amide bonds. The Labute approximate surface area is 243 Å². The summed E-state index contributed by atoms with van der Waals surface area (Å²) in [5, 5.41) is 2.61. The average molecular weight is 576 g/mol. The number of amides is 1. The van der Waals surface area contributed by atoms with Crippen molar-refractivity contribution in [3.8, 4) is 0 Å². The lowest BCUT2D eigenvalue weighted by Gasteiger charge is -2.46. The molecule has 1 aliphatic carbocycles. The first-order valence-corrected chi connectivity index (χ1v) is 15.1. The minimum Gasteiger partial charge on any atom is -1.00 e. The molecule has 5 atom stereocenters. The van der Waals surface area contributed by atoms with E-state index in [0.29, 0.717) is 48.5 Å². The van der Waals surface area contributed by atoms with Crippen LogP contribution in [-0.2, 0) is 21.4 Å². The summed E-state index contributed by atoms with van der Waals surface area (Å²) in [4.78, 5) is 16.9. The second kappa shape index (κ2) is 12.1. The first-order chi connectivity index (χ1) is 18.5. The van der Waals surface area contributed by atoms with Crippen LogP contribution in [0.2, 0.25) is 5.02 Å². The van der Waals surface area contributed by atoms with Crippen molar-refractivity contribution in [3.63, 3.8) is 0 Å². The first-order valence-electron chi connectivity index (χ1n) is 14.7. The van der Waals surface area contributed by atoms with Gasteiger partial charge in [-0.05, 0) is 74.1 Å². The number of hydrogen-bond acceptors (Lipinski definition) is 2. The monoisotopic (exact) mass is 574 g/mol. The highest BCUT2D eigenvalue weighted by Gasteiger charge is 2.57. The molecule has 4 aliphatic rings. The summed E-state index contributed by atoms with van der Waals surface area (Å²) in [5.74, 6) is 0.651. The molecule has 4 nitrogen and oxygen atoms in total. The molecular weight excluding hydrogens is 534 g/mol. The van der Waals surface area contributed by atoms with Gasteiger partial charge in [0.15, 0.2) is 0 Å². The van der Waals surface area contributed by atoms with Crippen LogP contribution >= 0.6 is 11.6 Å². The van der Waals surface area contributed by atoms with Gasteiger partial charge in [-0.15, -0.1) is 0 Å². The van der Waals surface area contributed by atoms with Crippen LogP contribution < -0.4 is 17.7 Å². The summed E-state index contributed by atoms with van der Waals surface area (Å²) in [6, 6.07) is 14.4. The normalized spacial score (nSPS) is 31.4. The largest absolute Gasteiger partial charge is 1.00 e. The van der Waals surface area contributed by atoms with Crippen LogP contribution in [0.15, 0.2) is 42.5 Å². The molecule has 2 N–H and O–H groups in total. The van der Waals surface area contributed by atoms with Gasteiger partial charge in [-0.25, -0.2) is 4.39 Å². The number of rotatable bonds is 3. The molecule has 7 heteroatoms. The van der Waals surface area contributed by atoms with Gasteiger partial charge < -0.3 is 27.4 Å². The minimum atomic E-state index is -0.667. The Morgan fingerprint density at radius 1 is 1.13 bits per heavy atom. The highest BCUT2D eigenvalue weighted by molar-refractivity contribution is 6.30. The number of nitrogens with zero attached hydrogens (tertiary/aromatic N) is 1. The van der Waals surface area contributed by atoms with Gasteiger partial charge in [0.1, 0.15) is 11.7 Å². The number of piperidine rings is 1. The minimum absolute atomic E-state index is 0. The van der Waals surface area contributed by atoms with E-state index in [1.165, 1.54) is 43.7 Å². The SMILES string of the molecule is C[C@H]1Cc2cc(Cl)cc(F)c2[C@@]2(C[NH2+]C[C@H]2C(=O)N2CC[C@@H](c3ccccc3)C[C@H]2C2CCCCC2)CO1.[Cl-]. The van der Waals surface area contributed by atoms with E-state index in [4.69, 9.17) is 16.3 Å². The Bertz CT molecular complexity index is 1160. The van der Waals surface area contributed by atoms with E-state index in [0.717, 1.165) is 24.9 Å². The zero-order valence-electron chi connectivity index (χ0n) is 22.9. The number of ether oxygens (including phenoxy) is 1. The van der Waals surface area contributed by atoms with Crippen molar-refractivity contribution in [2.75, 3.05) is 26.2 Å². The van der Waals surface area contributed by atoms with Crippen LogP contribution in [0.3, 0.4) is 0 Å². The van der Waals surface area contributed by atoms with Crippen molar-refractivity contribution in [1.29, 1.82) is 0 Å². The second-order valence-corrected chi connectivity index (χ2v) is 12.8. The molecule has 0 radical (unpaired) electrons. The standard InChI is InChI=1S/C32H40ClFN2O2.ClH/c1-21-14-25-15-26(33)17-28(34)30(25)32(20-38-21)19-35-18-27(32)31(37)36-13-12-24(22-8-4-2-5-9-22)16-29(36)23-10-6-3-7-11-23;/h2,4-5,8-9,15,17,21,23-24,27,29,35H,3,6-7,10-14,16,18-20H2,1H3;1H/t21-,24+,27-,29-,32-;/m0./s1. The predicted molar refractivity (Wildman–Crippen MR) is 148 cm³/mol. The molecule has 2 saturated heterocycles. The second-order valence-electron chi connectivity index (χ2n) is 12.3. The van der Waals surface area contributed by atoms with Crippen LogP contribution in [0.1, 0.15) is 74.5 Å². The molecular formula is C32H41Cl2FN2O2. The first kappa shape index (κ1) is 28.9.